The summed E-state index contributed by atoms with van der Waals surface area (Å²) in [6, 6.07) is 3.27. The molecule has 0 aliphatic rings. The normalized spacial score (nSPS) is 10.1. The highest BCUT2D eigenvalue weighted by Gasteiger charge is 2.15. The minimum Gasteiger partial charge on any atom is -0.495 e. The van der Waals surface area contributed by atoms with Crippen molar-refractivity contribution in [1.29, 1.82) is 0 Å². The van der Waals surface area contributed by atoms with Gasteiger partial charge in [-0.05, 0) is 28.1 Å². The maximum absolute atomic E-state index is 12.1. The molecule has 19 heavy (non-hydrogen) atoms. The predicted molar refractivity (Wildman–Crippen MR) is 77.3 cm³/mol. The molecule has 0 spiro atoms. The molecule has 0 radical (unpaired) electrons. The fraction of sp³-hybridized carbons (Fsp3) is 0.167. The maximum Gasteiger partial charge on any atom is 0.257 e. The van der Waals surface area contributed by atoms with E-state index < -0.39 is 0 Å². The zero-order valence-corrected chi connectivity index (χ0v) is 12.7. The first kappa shape index (κ1) is 13.8. The fourth-order valence-corrected chi connectivity index (χ4v) is 2.53. The number of thiazole rings is 1. The van der Waals surface area contributed by atoms with Crippen LogP contribution in [0, 0.1) is 0 Å². The summed E-state index contributed by atoms with van der Waals surface area (Å²) in [6.07, 6.45) is 1.63. The van der Waals surface area contributed by atoms with Crippen molar-refractivity contribution in [3.8, 4) is 11.5 Å². The Kier molecular flexibility index (Phi) is 4.39. The number of nitrogens with one attached hydrogen (secondary N) is 1. The first-order chi connectivity index (χ1) is 9.15. The van der Waals surface area contributed by atoms with E-state index in [0.29, 0.717) is 26.7 Å². The first-order valence-corrected chi connectivity index (χ1v) is 6.95. The molecule has 0 saturated heterocycles. The van der Waals surface area contributed by atoms with Gasteiger partial charge < -0.3 is 9.47 Å². The van der Waals surface area contributed by atoms with Gasteiger partial charge in [-0.1, -0.05) is 0 Å². The molecule has 1 heterocycles. The van der Waals surface area contributed by atoms with Gasteiger partial charge in [0.2, 0.25) is 0 Å². The van der Waals surface area contributed by atoms with Crippen molar-refractivity contribution >= 4 is 38.3 Å². The average Bonchev–Trinajstić information content (AvgIpc) is 2.91. The number of nitrogens with zero attached hydrogens (tertiary/aromatic N) is 1. The molecule has 1 aromatic heterocycles. The van der Waals surface area contributed by atoms with Crippen molar-refractivity contribution in [1.82, 2.24) is 4.98 Å². The van der Waals surface area contributed by atoms with Crippen LogP contribution < -0.4 is 14.8 Å². The molecule has 0 unspecified atom stereocenters. The average molecular weight is 343 g/mol. The molecule has 100 valence electrons. The topological polar surface area (TPSA) is 60.5 Å². The van der Waals surface area contributed by atoms with Gasteiger partial charge >= 0.3 is 0 Å². The Hall–Kier alpha value is -1.60. The smallest absolute Gasteiger partial charge is 0.257 e. The van der Waals surface area contributed by atoms with Crippen LogP contribution >= 0.6 is 27.3 Å². The molecular weight excluding hydrogens is 332 g/mol. The van der Waals surface area contributed by atoms with E-state index in [1.807, 2.05) is 0 Å². The second kappa shape index (κ2) is 6.03. The summed E-state index contributed by atoms with van der Waals surface area (Å²) >= 11 is 4.71. The number of methoxy groups -OCH3 is 2. The molecule has 0 bridgehead atoms. The van der Waals surface area contributed by atoms with Crippen molar-refractivity contribution in [3.05, 3.63) is 33.7 Å². The molecule has 7 heteroatoms. The van der Waals surface area contributed by atoms with E-state index in [9.17, 15) is 4.79 Å². The third kappa shape index (κ3) is 3.05. The summed E-state index contributed by atoms with van der Waals surface area (Å²) in [5, 5.41) is 5.04. The predicted octanol–water partition coefficient (Wildman–Crippen LogP) is 3.18. The summed E-state index contributed by atoms with van der Waals surface area (Å²) in [7, 11) is 3.06. The zero-order chi connectivity index (χ0) is 13.8. The molecule has 5 nitrogen and oxygen atoms in total. The summed E-state index contributed by atoms with van der Waals surface area (Å²) in [5.41, 5.74) is 0.437. The quantitative estimate of drug-likeness (QED) is 0.926. The van der Waals surface area contributed by atoms with Gasteiger partial charge in [-0.3, -0.25) is 10.1 Å². The summed E-state index contributed by atoms with van der Waals surface area (Å²) < 4.78 is 11.1. The highest BCUT2D eigenvalue weighted by molar-refractivity contribution is 9.10. The Morgan fingerprint density at radius 1 is 1.32 bits per heavy atom. The van der Waals surface area contributed by atoms with Gasteiger partial charge in [0, 0.05) is 17.1 Å². The van der Waals surface area contributed by atoms with Crippen LogP contribution in [0.1, 0.15) is 10.4 Å². The minimum atomic E-state index is -0.265. The number of carbonyl (C=O) groups excluding carboxylic acids is 1. The number of carbonyl (C=O) groups is 1. The number of anilines is 1. The second-order valence-corrected chi connectivity index (χ2v) is 5.17. The molecular formula is C12H11BrN2O3S. The van der Waals surface area contributed by atoms with Crippen molar-refractivity contribution in [2.75, 3.05) is 19.5 Å². The Balaban J connectivity index is 2.31. The maximum atomic E-state index is 12.1. The molecule has 0 atom stereocenters. The highest BCUT2D eigenvalue weighted by Crippen LogP contribution is 2.35. The molecule has 0 aliphatic carbocycles. The standard InChI is InChI=1S/C12H11BrN2O3S/c1-17-8-5-7(6-9(18-2)10(8)13)11(16)15-12-14-3-4-19-12/h3-6H,1-2H3,(H,14,15,16). The molecule has 1 amide bonds. The van der Waals surface area contributed by atoms with Crippen LogP contribution in [0.15, 0.2) is 28.2 Å². The van der Waals surface area contributed by atoms with Crippen molar-refractivity contribution in [3.63, 3.8) is 0 Å². The van der Waals surface area contributed by atoms with Gasteiger partial charge in [0.05, 0.1) is 14.2 Å². The number of ether oxygens (including phenoxy) is 2. The number of hydrogen-bond acceptors (Lipinski definition) is 5. The molecule has 0 saturated carbocycles. The fourth-order valence-electron chi connectivity index (χ4n) is 1.45. The van der Waals surface area contributed by atoms with Gasteiger partial charge in [-0.2, -0.15) is 0 Å². The van der Waals surface area contributed by atoms with Crippen molar-refractivity contribution in [2.24, 2.45) is 0 Å². The Morgan fingerprint density at radius 2 is 1.95 bits per heavy atom. The molecule has 1 aromatic carbocycles. The summed E-state index contributed by atoms with van der Waals surface area (Å²) in [5.74, 6) is 0.798. The van der Waals surface area contributed by atoms with E-state index in [2.05, 4.69) is 26.2 Å². The van der Waals surface area contributed by atoms with E-state index in [1.54, 1.807) is 23.7 Å². The van der Waals surface area contributed by atoms with E-state index in [-0.39, 0.29) is 5.91 Å². The van der Waals surface area contributed by atoms with Gasteiger partial charge in [-0.15, -0.1) is 11.3 Å². The van der Waals surface area contributed by atoms with Crippen molar-refractivity contribution < 1.29 is 14.3 Å². The summed E-state index contributed by atoms with van der Waals surface area (Å²) in [4.78, 5) is 16.1. The van der Waals surface area contributed by atoms with Crippen LogP contribution in [0.5, 0.6) is 11.5 Å². The molecule has 2 aromatic rings. The van der Waals surface area contributed by atoms with E-state index in [0.717, 1.165) is 0 Å². The first-order valence-electron chi connectivity index (χ1n) is 5.28. The second-order valence-electron chi connectivity index (χ2n) is 3.49. The molecule has 0 aliphatic heterocycles. The van der Waals surface area contributed by atoms with Crippen LogP contribution in [0.4, 0.5) is 5.13 Å². The largest absolute Gasteiger partial charge is 0.495 e. The van der Waals surface area contributed by atoms with Gasteiger partial charge in [0.1, 0.15) is 16.0 Å². The number of aromatic nitrogens is 1. The highest BCUT2D eigenvalue weighted by atomic mass is 79.9. The molecule has 2 rings (SSSR count). The third-order valence-electron chi connectivity index (χ3n) is 2.36. The third-order valence-corrected chi connectivity index (χ3v) is 3.83. The number of halogens is 1. The number of rotatable bonds is 4. The lowest BCUT2D eigenvalue weighted by Gasteiger charge is -2.11. The zero-order valence-electron chi connectivity index (χ0n) is 10.3. The van der Waals surface area contributed by atoms with Crippen molar-refractivity contribution in [2.45, 2.75) is 0 Å². The van der Waals surface area contributed by atoms with Crippen LogP contribution in [-0.2, 0) is 0 Å². The lowest BCUT2D eigenvalue weighted by Crippen LogP contribution is -2.12. The number of benzene rings is 1. The van der Waals surface area contributed by atoms with Gasteiger partial charge in [-0.25, -0.2) is 4.98 Å². The van der Waals surface area contributed by atoms with E-state index >= 15 is 0 Å². The van der Waals surface area contributed by atoms with Gasteiger partial charge in [0.15, 0.2) is 5.13 Å². The van der Waals surface area contributed by atoms with E-state index in [1.165, 1.54) is 25.6 Å². The number of hydrogen-bond donors (Lipinski definition) is 1. The minimum absolute atomic E-state index is 0.265. The lowest BCUT2D eigenvalue weighted by molar-refractivity contribution is 0.102. The summed E-state index contributed by atoms with van der Waals surface area (Å²) in [6.45, 7) is 0. The molecule has 0 fully saturated rings. The Labute approximate surface area is 122 Å². The van der Waals surface area contributed by atoms with Gasteiger partial charge in [0.25, 0.3) is 5.91 Å². The Bertz CT molecular complexity index is 562. The SMILES string of the molecule is COc1cc(C(=O)Nc2nccs2)cc(OC)c1Br. The van der Waals surface area contributed by atoms with Crippen LogP contribution in [0.2, 0.25) is 0 Å². The number of amides is 1. The van der Waals surface area contributed by atoms with Crippen LogP contribution in [0.25, 0.3) is 0 Å². The van der Waals surface area contributed by atoms with Crippen LogP contribution in [-0.4, -0.2) is 25.1 Å². The Morgan fingerprint density at radius 3 is 2.42 bits per heavy atom. The van der Waals surface area contributed by atoms with Crippen LogP contribution in [0.3, 0.4) is 0 Å². The monoisotopic (exact) mass is 342 g/mol. The lowest BCUT2D eigenvalue weighted by atomic mass is 10.2. The van der Waals surface area contributed by atoms with E-state index in [4.69, 9.17) is 9.47 Å². The molecule has 1 N–H and O–H groups in total.